The van der Waals surface area contributed by atoms with E-state index in [9.17, 15) is 4.79 Å². The molecule has 3 aromatic rings. The van der Waals surface area contributed by atoms with E-state index in [2.05, 4.69) is 51.5 Å². The third kappa shape index (κ3) is 4.25. The normalized spacial score (nSPS) is 10.7. The van der Waals surface area contributed by atoms with Crippen LogP contribution < -0.4 is 15.9 Å². The summed E-state index contributed by atoms with van der Waals surface area (Å²) in [5.74, 6) is -0.292. The molecule has 0 aliphatic carbocycles. The Balaban J connectivity index is 2.24. The van der Waals surface area contributed by atoms with Gasteiger partial charge in [-0.1, -0.05) is 69.6 Å². The van der Waals surface area contributed by atoms with Gasteiger partial charge in [-0.25, -0.2) is 4.79 Å². The van der Waals surface area contributed by atoms with Crippen LogP contribution in [-0.4, -0.2) is 13.1 Å². The van der Waals surface area contributed by atoms with Crippen LogP contribution in [0, 0.1) is 0 Å². The van der Waals surface area contributed by atoms with Crippen molar-refractivity contribution >= 4 is 59.9 Å². The van der Waals surface area contributed by atoms with Crippen molar-refractivity contribution in [2.75, 3.05) is 7.11 Å². The van der Waals surface area contributed by atoms with Gasteiger partial charge in [0.1, 0.15) is 0 Å². The van der Waals surface area contributed by atoms with Gasteiger partial charge in [0.05, 0.1) is 12.7 Å². The van der Waals surface area contributed by atoms with Gasteiger partial charge in [-0.3, -0.25) is 0 Å². The van der Waals surface area contributed by atoms with Gasteiger partial charge in [0.15, 0.2) is 0 Å². The van der Waals surface area contributed by atoms with Crippen LogP contribution in [0.2, 0.25) is 0 Å². The molecule has 0 radical (unpaired) electrons. The SMILES string of the molecule is COC(=O)c1ccc(SI)cc1P(c1ccccc1)c1ccccc1. The molecule has 126 valence electrons. The van der Waals surface area contributed by atoms with E-state index in [0.29, 0.717) is 5.56 Å². The third-order valence-corrected chi connectivity index (χ3v) is 8.17. The number of halogens is 1. The number of ether oxygens (including phenoxy) is 1. The van der Waals surface area contributed by atoms with Gasteiger partial charge in [-0.15, -0.1) is 0 Å². The average molecular weight is 478 g/mol. The summed E-state index contributed by atoms with van der Waals surface area (Å²) >= 11 is 2.27. The first-order chi connectivity index (χ1) is 12.2. The Bertz CT molecular complexity index is 817. The molecule has 0 aromatic heterocycles. The van der Waals surface area contributed by atoms with Crippen molar-refractivity contribution in [3.63, 3.8) is 0 Å². The molecule has 0 fully saturated rings. The molecule has 0 bridgehead atoms. The lowest BCUT2D eigenvalue weighted by molar-refractivity contribution is 0.0602. The van der Waals surface area contributed by atoms with Crippen LogP contribution >= 0.6 is 38.1 Å². The van der Waals surface area contributed by atoms with Crippen LogP contribution in [0.3, 0.4) is 0 Å². The molecule has 0 saturated carbocycles. The quantitative estimate of drug-likeness (QED) is 0.303. The fourth-order valence-electron chi connectivity index (χ4n) is 2.61. The maximum atomic E-state index is 12.4. The maximum absolute atomic E-state index is 12.4. The zero-order valence-electron chi connectivity index (χ0n) is 13.6. The van der Waals surface area contributed by atoms with E-state index in [1.807, 2.05) is 48.5 Å². The number of rotatable bonds is 5. The monoisotopic (exact) mass is 478 g/mol. The lowest BCUT2D eigenvalue weighted by atomic mass is 10.2. The summed E-state index contributed by atoms with van der Waals surface area (Å²) in [7, 11) is 2.23. The van der Waals surface area contributed by atoms with Gasteiger partial charge in [0.25, 0.3) is 0 Å². The van der Waals surface area contributed by atoms with Crippen LogP contribution in [0.1, 0.15) is 10.4 Å². The second-order valence-corrected chi connectivity index (χ2v) is 9.39. The highest BCUT2D eigenvalue weighted by Gasteiger charge is 2.23. The number of methoxy groups -OCH3 is 1. The summed E-state index contributed by atoms with van der Waals surface area (Å²) in [6.07, 6.45) is 0. The number of carbonyl (C=O) groups is 1. The van der Waals surface area contributed by atoms with Crippen LogP contribution in [0.15, 0.2) is 83.8 Å². The van der Waals surface area contributed by atoms with Crippen LogP contribution in [-0.2, 0) is 4.74 Å². The van der Waals surface area contributed by atoms with Gasteiger partial charge in [-0.05, 0) is 36.7 Å². The Hall–Kier alpha value is -1.36. The molecular formula is C20H16IO2PS. The molecule has 0 N–H and O–H groups in total. The van der Waals surface area contributed by atoms with Crippen LogP contribution in [0.25, 0.3) is 0 Å². The second-order valence-electron chi connectivity index (χ2n) is 5.25. The summed E-state index contributed by atoms with van der Waals surface area (Å²) in [6, 6.07) is 26.7. The van der Waals surface area contributed by atoms with E-state index < -0.39 is 7.92 Å². The molecule has 25 heavy (non-hydrogen) atoms. The maximum Gasteiger partial charge on any atom is 0.338 e. The number of carbonyl (C=O) groups excluding carboxylic acids is 1. The molecule has 0 amide bonds. The van der Waals surface area contributed by atoms with E-state index in [4.69, 9.17) is 4.74 Å². The zero-order valence-corrected chi connectivity index (χ0v) is 17.4. The van der Waals surface area contributed by atoms with Gasteiger partial charge < -0.3 is 4.74 Å². The first kappa shape index (κ1) is 18.4. The summed E-state index contributed by atoms with van der Waals surface area (Å²) in [5, 5.41) is 3.45. The number of hydrogen-bond donors (Lipinski definition) is 0. The number of hydrogen-bond acceptors (Lipinski definition) is 3. The molecule has 0 saturated heterocycles. The van der Waals surface area contributed by atoms with Crippen molar-refractivity contribution in [1.29, 1.82) is 0 Å². The smallest absolute Gasteiger partial charge is 0.338 e. The summed E-state index contributed by atoms with van der Waals surface area (Å²) in [6.45, 7) is 0. The lowest BCUT2D eigenvalue weighted by Gasteiger charge is -2.22. The third-order valence-electron chi connectivity index (χ3n) is 3.73. The lowest BCUT2D eigenvalue weighted by Crippen LogP contribution is -2.25. The first-order valence-electron chi connectivity index (χ1n) is 7.66. The van der Waals surface area contributed by atoms with Gasteiger partial charge >= 0.3 is 5.97 Å². The zero-order chi connectivity index (χ0) is 17.6. The summed E-state index contributed by atoms with van der Waals surface area (Å²) in [4.78, 5) is 13.5. The number of benzene rings is 3. The van der Waals surface area contributed by atoms with Crippen LogP contribution in [0.5, 0.6) is 0 Å². The first-order valence-corrected chi connectivity index (χ1v) is 12.4. The largest absolute Gasteiger partial charge is 0.465 e. The van der Waals surface area contributed by atoms with Crippen molar-refractivity contribution < 1.29 is 9.53 Å². The Morgan fingerprint density at radius 1 is 0.920 bits per heavy atom. The van der Waals surface area contributed by atoms with E-state index in [1.165, 1.54) is 17.7 Å². The molecule has 2 nitrogen and oxygen atoms in total. The molecule has 0 unspecified atom stereocenters. The molecule has 0 heterocycles. The van der Waals surface area contributed by atoms with E-state index in [0.717, 1.165) is 10.2 Å². The van der Waals surface area contributed by atoms with Crippen molar-refractivity contribution in [2.45, 2.75) is 4.90 Å². The highest BCUT2D eigenvalue weighted by molar-refractivity contribution is 14.2. The molecule has 3 rings (SSSR count). The molecule has 5 heteroatoms. The minimum atomic E-state index is -0.844. The minimum absolute atomic E-state index is 0.292. The molecule has 0 aliphatic heterocycles. The Morgan fingerprint density at radius 3 is 1.96 bits per heavy atom. The predicted octanol–water partition coefficient (Wildman–Crippen LogP) is 4.67. The number of esters is 1. The minimum Gasteiger partial charge on any atom is -0.465 e. The molecular weight excluding hydrogens is 462 g/mol. The van der Waals surface area contributed by atoms with E-state index >= 15 is 0 Å². The van der Waals surface area contributed by atoms with Gasteiger partial charge in [0.2, 0.25) is 0 Å². The Morgan fingerprint density at radius 2 is 1.48 bits per heavy atom. The highest BCUT2D eigenvalue weighted by Crippen LogP contribution is 2.36. The summed E-state index contributed by atoms with van der Waals surface area (Å²) < 4.78 is 5.04. The molecule has 0 aliphatic rings. The molecule has 3 aromatic carbocycles. The Kier molecular flexibility index (Phi) is 6.51. The van der Waals surface area contributed by atoms with Crippen molar-refractivity contribution in [3.8, 4) is 0 Å². The Labute approximate surface area is 165 Å². The van der Waals surface area contributed by atoms with Gasteiger partial charge in [0, 0.05) is 31.4 Å². The summed E-state index contributed by atoms with van der Waals surface area (Å²) in [5.41, 5.74) is 0.635. The fraction of sp³-hybridized carbons (Fsp3) is 0.0500. The topological polar surface area (TPSA) is 26.3 Å². The molecule has 0 atom stereocenters. The fourth-order valence-corrected chi connectivity index (χ4v) is 6.27. The second kappa shape index (κ2) is 8.84. The van der Waals surface area contributed by atoms with E-state index in [-0.39, 0.29) is 5.97 Å². The standard InChI is InChI=1S/C20H16IO2PS/c1-23-20(22)18-13-12-17(25-21)14-19(18)24(15-8-4-2-5-9-15)16-10-6-3-7-11-16/h2-14H,1H3. The van der Waals surface area contributed by atoms with Crippen molar-refractivity contribution in [3.05, 3.63) is 84.4 Å². The van der Waals surface area contributed by atoms with E-state index in [1.54, 1.807) is 8.93 Å². The van der Waals surface area contributed by atoms with Gasteiger partial charge in [-0.2, -0.15) is 0 Å². The van der Waals surface area contributed by atoms with Crippen molar-refractivity contribution in [2.24, 2.45) is 0 Å². The average Bonchev–Trinajstić information content (AvgIpc) is 2.69. The molecule has 0 spiro atoms. The van der Waals surface area contributed by atoms with Crippen molar-refractivity contribution in [1.82, 2.24) is 0 Å². The van der Waals surface area contributed by atoms with Crippen LogP contribution in [0.4, 0.5) is 0 Å². The predicted molar refractivity (Wildman–Crippen MR) is 116 cm³/mol. The highest BCUT2D eigenvalue weighted by atomic mass is 127.